The van der Waals surface area contributed by atoms with E-state index in [1.165, 1.54) is 18.4 Å². The Kier molecular flexibility index (Phi) is 3.62. The van der Waals surface area contributed by atoms with Crippen molar-refractivity contribution in [2.75, 3.05) is 0 Å². The lowest BCUT2D eigenvalue weighted by atomic mass is 9.86. The van der Waals surface area contributed by atoms with Crippen molar-refractivity contribution in [3.8, 4) is 0 Å². The van der Waals surface area contributed by atoms with Gasteiger partial charge in [-0.05, 0) is 18.9 Å². The highest BCUT2D eigenvalue weighted by Crippen LogP contribution is 2.31. The molecule has 0 aliphatic heterocycles. The SMILES string of the molecule is CCCCC(C)(c1ccccc1)n1ccnc1. The van der Waals surface area contributed by atoms with Crippen molar-refractivity contribution >= 4 is 0 Å². The lowest BCUT2D eigenvalue weighted by Gasteiger charge is -2.32. The highest BCUT2D eigenvalue weighted by molar-refractivity contribution is 5.24. The van der Waals surface area contributed by atoms with Gasteiger partial charge in [-0.15, -0.1) is 0 Å². The summed E-state index contributed by atoms with van der Waals surface area (Å²) in [5, 5.41) is 0. The molecule has 1 atom stereocenters. The third-order valence-corrected chi connectivity index (χ3v) is 3.49. The largest absolute Gasteiger partial charge is 0.328 e. The van der Waals surface area contributed by atoms with Gasteiger partial charge in [0.15, 0.2) is 0 Å². The van der Waals surface area contributed by atoms with Crippen molar-refractivity contribution in [1.29, 1.82) is 0 Å². The molecule has 90 valence electrons. The molecule has 2 rings (SSSR count). The van der Waals surface area contributed by atoms with E-state index in [1.54, 1.807) is 0 Å². The van der Waals surface area contributed by atoms with Crippen LogP contribution in [0.5, 0.6) is 0 Å². The fourth-order valence-corrected chi connectivity index (χ4v) is 2.29. The number of hydrogen-bond acceptors (Lipinski definition) is 1. The predicted molar refractivity (Wildman–Crippen MR) is 70.9 cm³/mol. The smallest absolute Gasteiger partial charge is 0.0953 e. The summed E-state index contributed by atoms with van der Waals surface area (Å²) in [6.07, 6.45) is 9.42. The van der Waals surface area contributed by atoms with Gasteiger partial charge < -0.3 is 4.57 Å². The van der Waals surface area contributed by atoms with Crippen molar-refractivity contribution in [1.82, 2.24) is 9.55 Å². The fourth-order valence-electron chi connectivity index (χ4n) is 2.29. The van der Waals surface area contributed by atoms with Crippen LogP contribution in [0.3, 0.4) is 0 Å². The molecular formula is C15H20N2. The molecule has 0 fully saturated rings. The first-order valence-corrected chi connectivity index (χ1v) is 6.31. The first-order chi connectivity index (χ1) is 8.27. The van der Waals surface area contributed by atoms with E-state index >= 15 is 0 Å². The molecule has 0 N–H and O–H groups in total. The third kappa shape index (κ3) is 2.41. The summed E-state index contributed by atoms with van der Waals surface area (Å²) < 4.78 is 2.22. The molecule has 0 saturated heterocycles. The molecule has 2 heteroatoms. The zero-order valence-electron chi connectivity index (χ0n) is 10.6. The minimum absolute atomic E-state index is 0.0216. The number of aromatic nitrogens is 2. The van der Waals surface area contributed by atoms with Crippen LogP contribution in [0.2, 0.25) is 0 Å². The number of rotatable bonds is 5. The molecule has 0 aliphatic rings. The normalized spacial score (nSPS) is 14.5. The number of benzene rings is 1. The lowest BCUT2D eigenvalue weighted by Crippen LogP contribution is -2.30. The summed E-state index contributed by atoms with van der Waals surface area (Å²) in [7, 11) is 0. The standard InChI is InChI=1S/C15H20N2/c1-3-4-10-15(2,17-12-11-16-13-17)14-8-6-5-7-9-14/h5-9,11-13H,3-4,10H2,1-2H3. The molecule has 0 bridgehead atoms. The van der Waals surface area contributed by atoms with Crippen LogP contribution in [0.1, 0.15) is 38.7 Å². The third-order valence-electron chi connectivity index (χ3n) is 3.49. The first kappa shape index (κ1) is 11.9. The fraction of sp³-hybridized carbons (Fsp3) is 0.400. The number of imidazole rings is 1. The highest BCUT2D eigenvalue weighted by atomic mass is 15.1. The summed E-state index contributed by atoms with van der Waals surface area (Å²) >= 11 is 0. The monoisotopic (exact) mass is 228 g/mol. The zero-order valence-corrected chi connectivity index (χ0v) is 10.6. The average Bonchev–Trinajstić information content (AvgIpc) is 2.91. The molecule has 0 spiro atoms. The summed E-state index contributed by atoms with van der Waals surface area (Å²) in [5.74, 6) is 0. The van der Waals surface area contributed by atoms with E-state index in [4.69, 9.17) is 0 Å². The van der Waals surface area contributed by atoms with Gasteiger partial charge in [-0.25, -0.2) is 4.98 Å². The molecule has 0 radical (unpaired) electrons. The number of nitrogens with zero attached hydrogens (tertiary/aromatic N) is 2. The minimum atomic E-state index is 0.0216. The Morgan fingerprint density at radius 1 is 1.24 bits per heavy atom. The Morgan fingerprint density at radius 3 is 2.59 bits per heavy atom. The Balaban J connectivity index is 2.37. The van der Waals surface area contributed by atoms with E-state index in [1.807, 2.05) is 12.5 Å². The van der Waals surface area contributed by atoms with Crippen LogP contribution in [-0.4, -0.2) is 9.55 Å². The summed E-state index contributed by atoms with van der Waals surface area (Å²) in [4.78, 5) is 4.18. The van der Waals surface area contributed by atoms with Crippen molar-refractivity contribution in [3.63, 3.8) is 0 Å². The molecular weight excluding hydrogens is 208 g/mol. The minimum Gasteiger partial charge on any atom is -0.328 e. The molecule has 0 amide bonds. The lowest BCUT2D eigenvalue weighted by molar-refractivity contribution is 0.350. The topological polar surface area (TPSA) is 17.8 Å². The van der Waals surface area contributed by atoms with Crippen molar-refractivity contribution in [2.45, 2.75) is 38.6 Å². The Bertz CT molecular complexity index is 433. The van der Waals surface area contributed by atoms with Gasteiger partial charge in [0.2, 0.25) is 0 Å². The van der Waals surface area contributed by atoms with E-state index in [-0.39, 0.29) is 5.54 Å². The summed E-state index contributed by atoms with van der Waals surface area (Å²) in [5.41, 5.74) is 1.37. The van der Waals surface area contributed by atoms with Gasteiger partial charge in [0, 0.05) is 12.4 Å². The van der Waals surface area contributed by atoms with Crippen LogP contribution in [0.15, 0.2) is 49.1 Å². The molecule has 2 aromatic rings. The summed E-state index contributed by atoms with van der Waals surface area (Å²) in [6.45, 7) is 4.53. The molecule has 1 aromatic carbocycles. The van der Waals surface area contributed by atoms with Crippen molar-refractivity contribution in [3.05, 3.63) is 54.6 Å². The molecule has 17 heavy (non-hydrogen) atoms. The number of unbranched alkanes of at least 4 members (excludes halogenated alkanes) is 1. The van der Waals surface area contributed by atoms with Crippen LogP contribution >= 0.6 is 0 Å². The van der Waals surface area contributed by atoms with Crippen molar-refractivity contribution < 1.29 is 0 Å². The summed E-state index contributed by atoms with van der Waals surface area (Å²) in [6, 6.07) is 10.7. The molecule has 0 saturated carbocycles. The quantitative estimate of drug-likeness (QED) is 0.760. The second-order valence-electron chi connectivity index (χ2n) is 4.71. The Hall–Kier alpha value is -1.57. The molecule has 1 heterocycles. The zero-order chi connectivity index (χ0) is 12.1. The van der Waals surface area contributed by atoms with Gasteiger partial charge in [-0.1, -0.05) is 50.1 Å². The Labute approximate surface area is 103 Å². The van der Waals surface area contributed by atoms with Gasteiger partial charge in [-0.2, -0.15) is 0 Å². The van der Waals surface area contributed by atoms with Crippen LogP contribution in [0.25, 0.3) is 0 Å². The highest BCUT2D eigenvalue weighted by Gasteiger charge is 2.27. The maximum absolute atomic E-state index is 4.18. The van der Waals surface area contributed by atoms with E-state index in [2.05, 4.69) is 59.9 Å². The van der Waals surface area contributed by atoms with Gasteiger partial charge >= 0.3 is 0 Å². The maximum Gasteiger partial charge on any atom is 0.0953 e. The second kappa shape index (κ2) is 5.17. The predicted octanol–water partition coefficient (Wildman–Crippen LogP) is 3.84. The molecule has 1 aromatic heterocycles. The van der Waals surface area contributed by atoms with E-state index in [9.17, 15) is 0 Å². The molecule has 0 aliphatic carbocycles. The van der Waals surface area contributed by atoms with Gasteiger partial charge in [0.1, 0.15) is 0 Å². The van der Waals surface area contributed by atoms with Gasteiger partial charge in [0.25, 0.3) is 0 Å². The molecule has 2 nitrogen and oxygen atoms in total. The van der Waals surface area contributed by atoms with Crippen LogP contribution in [-0.2, 0) is 5.54 Å². The van der Waals surface area contributed by atoms with Crippen LogP contribution < -0.4 is 0 Å². The Morgan fingerprint density at radius 2 is 2.00 bits per heavy atom. The second-order valence-corrected chi connectivity index (χ2v) is 4.71. The van der Waals surface area contributed by atoms with Crippen LogP contribution in [0.4, 0.5) is 0 Å². The number of hydrogen-bond donors (Lipinski definition) is 0. The van der Waals surface area contributed by atoms with Crippen molar-refractivity contribution in [2.24, 2.45) is 0 Å². The molecule has 1 unspecified atom stereocenters. The maximum atomic E-state index is 4.18. The average molecular weight is 228 g/mol. The first-order valence-electron chi connectivity index (χ1n) is 6.31. The van der Waals surface area contributed by atoms with Gasteiger partial charge in [0.05, 0.1) is 11.9 Å². The van der Waals surface area contributed by atoms with Crippen LogP contribution in [0, 0.1) is 0 Å². The van der Waals surface area contributed by atoms with E-state index < -0.39 is 0 Å². The van der Waals surface area contributed by atoms with E-state index in [0.717, 1.165) is 6.42 Å². The van der Waals surface area contributed by atoms with Gasteiger partial charge in [-0.3, -0.25) is 0 Å². The van der Waals surface area contributed by atoms with E-state index in [0.29, 0.717) is 0 Å².